The molecule has 0 radical (unpaired) electrons. The molecule has 1 amide bonds. The van der Waals surface area contributed by atoms with Gasteiger partial charge in [0.2, 0.25) is 0 Å². The van der Waals surface area contributed by atoms with Crippen molar-refractivity contribution in [2.75, 3.05) is 11.4 Å². The largest absolute Gasteiger partial charge is 0.442 e. The third-order valence-corrected chi connectivity index (χ3v) is 3.58. The van der Waals surface area contributed by atoms with Crippen LogP contribution >= 0.6 is 0 Å². The Labute approximate surface area is 131 Å². The zero-order valence-electron chi connectivity index (χ0n) is 12.1. The molecule has 4 rings (SSSR count). The maximum atomic E-state index is 12.1. The normalized spacial score (nSPS) is 17.5. The van der Waals surface area contributed by atoms with Crippen LogP contribution < -0.4 is 4.90 Å². The number of aromatic nitrogens is 6. The smallest absolute Gasteiger partial charge is 0.414 e. The molecular formula is C14H13N7O2. The van der Waals surface area contributed by atoms with Gasteiger partial charge in [-0.1, -0.05) is 5.21 Å². The van der Waals surface area contributed by atoms with Crippen LogP contribution in [0, 0.1) is 0 Å². The van der Waals surface area contributed by atoms with Gasteiger partial charge < -0.3 is 4.74 Å². The fourth-order valence-electron chi connectivity index (χ4n) is 2.49. The van der Waals surface area contributed by atoms with Crippen LogP contribution in [0.4, 0.5) is 10.5 Å². The van der Waals surface area contributed by atoms with E-state index in [0.717, 1.165) is 11.4 Å². The number of hydrogen-bond donors (Lipinski definition) is 0. The van der Waals surface area contributed by atoms with E-state index in [1.165, 1.54) is 6.33 Å². The highest BCUT2D eigenvalue weighted by atomic mass is 16.6. The van der Waals surface area contributed by atoms with Crippen LogP contribution in [0.1, 0.15) is 0 Å². The Kier molecular flexibility index (Phi) is 3.22. The molecule has 0 bridgehead atoms. The minimum absolute atomic E-state index is 0.251. The molecule has 1 fully saturated rings. The van der Waals surface area contributed by atoms with E-state index < -0.39 is 0 Å². The molecule has 0 spiro atoms. The summed E-state index contributed by atoms with van der Waals surface area (Å²) in [6.45, 7) is 0.959. The highest BCUT2D eigenvalue weighted by Gasteiger charge is 2.32. The minimum Gasteiger partial charge on any atom is -0.442 e. The van der Waals surface area contributed by atoms with Gasteiger partial charge in [-0.15, -0.1) is 5.10 Å². The van der Waals surface area contributed by atoms with E-state index in [2.05, 4.69) is 20.4 Å². The van der Waals surface area contributed by atoms with Crippen molar-refractivity contribution in [3.63, 3.8) is 0 Å². The number of carbonyl (C=O) groups is 1. The molecule has 23 heavy (non-hydrogen) atoms. The SMILES string of the molecule is O=C1OC(Cn2cncn2)CN1c1ccc(-n2ccnn2)cc1. The molecule has 0 saturated carbocycles. The van der Waals surface area contributed by atoms with Crippen molar-refractivity contribution in [3.8, 4) is 5.69 Å². The zero-order valence-corrected chi connectivity index (χ0v) is 12.1. The topological polar surface area (TPSA) is 91.0 Å². The number of ether oxygens (including phenoxy) is 1. The first kappa shape index (κ1) is 13.4. The van der Waals surface area contributed by atoms with Crippen LogP contribution in [-0.2, 0) is 11.3 Å². The van der Waals surface area contributed by atoms with Gasteiger partial charge in [-0.2, -0.15) is 5.10 Å². The van der Waals surface area contributed by atoms with Gasteiger partial charge >= 0.3 is 6.09 Å². The molecule has 1 aliphatic rings. The maximum absolute atomic E-state index is 12.1. The third kappa shape index (κ3) is 2.63. The lowest BCUT2D eigenvalue weighted by Crippen LogP contribution is -2.26. The number of amides is 1. The first-order valence-corrected chi connectivity index (χ1v) is 7.07. The summed E-state index contributed by atoms with van der Waals surface area (Å²) < 4.78 is 8.68. The molecule has 1 unspecified atom stereocenters. The van der Waals surface area contributed by atoms with E-state index in [9.17, 15) is 4.79 Å². The summed E-state index contributed by atoms with van der Waals surface area (Å²) in [5.41, 5.74) is 1.65. The van der Waals surface area contributed by atoms with Crippen LogP contribution in [0.5, 0.6) is 0 Å². The van der Waals surface area contributed by atoms with Gasteiger partial charge in [0.15, 0.2) is 0 Å². The quantitative estimate of drug-likeness (QED) is 0.710. The standard InChI is InChI=1S/C14H13N7O2/c22-14-20(8-13(23-14)7-19-10-15-9-17-19)11-1-3-12(4-2-11)21-6-5-16-18-21/h1-6,9-10,13H,7-8H2. The van der Waals surface area contributed by atoms with Gasteiger partial charge in [-0.25, -0.2) is 19.1 Å². The average Bonchev–Trinajstić information content (AvgIpc) is 3.30. The number of rotatable bonds is 4. The van der Waals surface area contributed by atoms with Gasteiger partial charge in [0, 0.05) is 5.69 Å². The molecule has 3 heterocycles. The van der Waals surface area contributed by atoms with Gasteiger partial charge in [-0.3, -0.25) is 4.90 Å². The molecule has 0 aliphatic carbocycles. The summed E-state index contributed by atoms with van der Waals surface area (Å²) in [6.07, 6.45) is 5.82. The third-order valence-electron chi connectivity index (χ3n) is 3.58. The number of hydrogen-bond acceptors (Lipinski definition) is 6. The molecule has 1 aromatic carbocycles. The zero-order chi connectivity index (χ0) is 15.6. The molecule has 1 atom stereocenters. The number of anilines is 1. The average molecular weight is 311 g/mol. The van der Waals surface area contributed by atoms with Crippen molar-refractivity contribution >= 4 is 11.8 Å². The molecule has 3 aromatic rings. The Bertz CT molecular complexity index is 783. The van der Waals surface area contributed by atoms with E-state index >= 15 is 0 Å². The molecule has 1 aliphatic heterocycles. The van der Waals surface area contributed by atoms with Crippen molar-refractivity contribution in [3.05, 3.63) is 49.3 Å². The van der Waals surface area contributed by atoms with E-state index in [1.807, 2.05) is 24.3 Å². The van der Waals surface area contributed by atoms with Crippen LogP contribution in [0.2, 0.25) is 0 Å². The summed E-state index contributed by atoms with van der Waals surface area (Å²) in [6, 6.07) is 7.47. The minimum atomic E-state index is -0.358. The van der Waals surface area contributed by atoms with Crippen LogP contribution in [0.3, 0.4) is 0 Å². The first-order valence-electron chi connectivity index (χ1n) is 7.07. The second-order valence-electron chi connectivity index (χ2n) is 5.10. The molecule has 1 saturated heterocycles. The summed E-state index contributed by atoms with van der Waals surface area (Å²) in [5.74, 6) is 0. The second kappa shape index (κ2) is 5.52. The highest BCUT2D eigenvalue weighted by Crippen LogP contribution is 2.23. The van der Waals surface area contributed by atoms with Crippen molar-refractivity contribution in [1.82, 2.24) is 29.8 Å². The molecule has 9 heteroatoms. The predicted molar refractivity (Wildman–Crippen MR) is 79.0 cm³/mol. The van der Waals surface area contributed by atoms with Gasteiger partial charge in [0.25, 0.3) is 0 Å². The maximum Gasteiger partial charge on any atom is 0.414 e. The lowest BCUT2D eigenvalue weighted by molar-refractivity contribution is 0.129. The number of cyclic esters (lactones) is 1. The van der Waals surface area contributed by atoms with Gasteiger partial charge in [0.1, 0.15) is 18.8 Å². The fourth-order valence-corrected chi connectivity index (χ4v) is 2.49. The lowest BCUT2D eigenvalue weighted by atomic mass is 10.2. The second-order valence-corrected chi connectivity index (χ2v) is 5.10. The number of nitrogens with zero attached hydrogens (tertiary/aromatic N) is 7. The van der Waals surface area contributed by atoms with Crippen LogP contribution in [0.25, 0.3) is 5.69 Å². The van der Waals surface area contributed by atoms with Crippen molar-refractivity contribution < 1.29 is 9.53 Å². The Morgan fingerprint density at radius 1 is 1.22 bits per heavy atom. The number of carbonyl (C=O) groups excluding carboxylic acids is 1. The van der Waals surface area contributed by atoms with Crippen molar-refractivity contribution in [2.24, 2.45) is 0 Å². The summed E-state index contributed by atoms with van der Waals surface area (Å²) in [4.78, 5) is 17.5. The van der Waals surface area contributed by atoms with E-state index in [-0.39, 0.29) is 12.2 Å². The fraction of sp³-hybridized carbons (Fsp3) is 0.214. The molecule has 116 valence electrons. The first-order chi connectivity index (χ1) is 11.3. The van der Waals surface area contributed by atoms with Gasteiger partial charge in [-0.05, 0) is 24.3 Å². The van der Waals surface area contributed by atoms with Crippen molar-refractivity contribution in [2.45, 2.75) is 12.6 Å². The Morgan fingerprint density at radius 2 is 2.04 bits per heavy atom. The Morgan fingerprint density at radius 3 is 2.74 bits per heavy atom. The summed E-state index contributed by atoms with van der Waals surface area (Å²) in [5, 5.41) is 11.7. The monoisotopic (exact) mass is 311 g/mol. The Balaban J connectivity index is 1.48. The molecule has 0 N–H and O–H groups in total. The molecular weight excluding hydrogens is 298 g/mol. The van der Waals surface area contributed by atoms with E-state index in [1.54, 1.807) is 33.0 Å². The summed E-state index contributed by atoms with van der Waals surface area (Å²) >= 11 is 0. The molecule has 9 nitrogen and oxygen atoms in total. The van der Waals surface area contributed by atoms with E-state index in [4.69, 9.17) is 4.74 Å². The lowest BCUT2D eigenvalue weighted by Gasteiger charge is -2.13. The number of benzene rings is 1. The van der Waals surface area contributed by atoms with Crippen LogP contribution in [0.15, 0.2) is 49.3 Å². The van der Waals surface area contributed by atoms with Crippen LogP contribution in [-0.4, -0.2) is 48.5 Å². The van der Waals surface area contributed by atoms with E-state index in [0.29, 0.717) is 13.1 Å². The highest BCUT2D eigenvalue weighted by molar-refractivity contribution is 5.89. The Hall–Kier alpha value is -3.23. The predicted octanol–water partition coefficient (Wildman–Crippen LogP) is 0.884. The molecule has 2 aromatic heterocycles. The van der Waals surface area contributed by atoms with Crippen molar-refractivity contribution in [1.29, 1.82) is 0 Å². The summed E-state index contributed by atoms with van der Waals surface area (Å²) in [7, 11) is 0. The van der Waals surface area contributed by atoms with Gasteiger partial charge in [0.05, 0.1) is 31.2 Å².